The maximum absolute atomic E-state index is 11.7. The summed E-state index contributed by atoms with van der Waals surface area (Å²) < 4.78 is 5.59. The number of unbranched alkanes of at least 4 members (excludes halogenated alkanes) is 1. The highest BCUT2D eigenvalue weighted by atomic mass is 32.2. The van der Waals surface area contributed by atoms with E-state index in [2.05, 4.69) is 5.32 Å². The molecule has 2 atom stereocenters. The van der Waals surface area contributed by atoms with Crippen molar-refractivity contribution in [2.45, 2.75) is 57.6 Å². The molecule has 0 bridgehead atoms. The number of hydrogen-bond acceptors (Lipinski definition) is 4. The van der Waals surface area contributed by atoms with Crippen LogP contribution in [0.3, 0.4) is 0 Å². The predicted octanol–water partition coefficient (Wildman–Crippen LogP) is 2.05. The minimum absolute atomic E-state index is 0.200. The van der Waals surface area contributed by atoms with Crippen LogP contribution in [0.5, 0.6) is 0 Å². The van der Waals surface area contributed by atoms with Crippen LogP contribution < -0.4 is 5.32 Å². The van der Waals surface area contributed by atoms with E-state index in [1.807, 2.05) is 6.92 Å². The summed E-state index contributed by atoms with van der Waals surface area (Å²) in [4.78, 5) is 22.7. The summed E-state index contributed by atoms with van der Waals surface area (Å²) in [6.45, 7) is 2.82. The van der Waals surface area contributed by atoms with E-state index in [9.17, 15) is 9.59 Å². The van der Waals surface area contributed by atoms with Gasteiger partial charge in [-0.2, -0.15) is 0 Å². The molecule has 6 heteroatoms. The topological polar surface area (TPSA) is 75.6 Å². The van der Waals surface area contributed by atoms with E-state index in [0.717, 1.165) is 38.0 Å². The fraction of sp³-hybridized carbons (Fsp3) is 0.857. The highest BCUT2D eigenvalue weighted by molar-refractivity contribution is 7.99. The second-order valence-corrected chi connectivity index (χ2v) is 6.13. The molecule has 1 aliphatic heterocycles. The van der Waals surface area contributed by atoms with Crippen LogP contribution in [0.15, 0.2) is 0 Å². The van der Waals surface area contributed by atoms with E-state index >= 15 is 0 Å². The molecule has 0 aliphatic carbocycles. The largest absolute Gasteiger partial charge is 0.480 e. The Morgan fingerprint density at radius 1 is 1.45 bits per heavy atom. The van der Waals surface area contributed by atoms with E-state index in [-0.39, 0.29) is 12.0 Å². The van der Waals surface area contributed by atoms with Crippen LogP contribution >= 0.6 is 11.8 Å². The molecule has 0 aromatic rings. The third kappa shape index (κ3) is 7.14. The van der Waals surface area contributed by atoms with Crippen molar-refractivity contribution in [1.82, 2.24) is 5.32 Å². The Labute approximate surface area is 124 Å². The molecule has 2 N–H and O–H groups in total. The molecule has 0 saturated carbocycles. The lowest BCUT2D eigenvalue weighted by atomic mass is 10.1. The number of nitrogens with one attached hydrogen (secondary N) is 1. The number of thioether (sulfide) groups is 1. The standard InChI is InChI=1S/C14H25NO4S/c1-2-3-7-12(14(17)18)15-13(16)10-20-9-11-6-4-5-8-19-11/h11-12H,2-10H2,1H3,(H,15,16)(H,17,18). The lowest BCUT2D eigenvalue weighted by Crippen LogP contribution is -2.41. The molecular weight excluding hydrogens is 278 g/mol. The van der Waals surface area contributed by atoms with Gasteiger partial charge in [0.25, 0.3) is 0 Å². The number of carbonyl (C=O) groups excluding carboxylic acids is 1. The number of carbonyl (C=O) groups is 2. The third-order valence-corrected chi connectivity index (χ3v) is 4.36. The molecule has 1 saturated heterocycles. The molecule has 0 aromatic carbocycles. The quantitative estimate of drug-likeness (QED) is 0.682. The van der Waals surface area contributed by atoms with E-state index in [1.165, 1.54) is 18.2 Å². The summed E-state index contributed by atoms with van der Waals surface area (Å²) in [6.07, 6.45) is 5.84. The fourth-order valence-electron chi connectivity index (χ4n) is 2.12. The minimum atomic E-state index is -0.951. The summed E-state index contributed by atoms with van der Waals surface area (Å²) in [5, 5.41) is 11.6. The Balaban J connectivity index is 2.18. The van der Waals surface area contributed by atoms with E-state index in [0.29, 0.717) is 12.2 Å². The number of hydrogen-bond donors (Lipinski definition) is 2. The van der Waals surface area contributed by atoms with Crippen molar-refractivity contribution in [2.75, 3.05) is 18.1 Å². The average Bonchev–Trinajstić information content (AvgIpc) is 2.44. The maximum atomic E-state index is 11.7. The number of ether oxygens (including phenoxy) is 1. The van der Waals surface area contributed by atoms with Gasteiger partial charge >= 0.3 is 5.97 Å². The zero-order chi connectivity index (χ0) is 14.8. The zero-order valence-electron chi connectivity index (χ0n) is 12.1. The second-order valence-electron chi connectivity index (χ2n) is 5.10. The molecule has 0 radical (unpaired) electrons. The number of rotatable bonds is 9. The first-order valence-electron chi connectivity index (χ1n) is 7.35. The van der Waals surface area contributed by atoms with Crippen LogP contribution in [0.2, 0.25) is 0 Å². The molecule has 1 rings (SSSR count). The lowest BCUT2D eigenvalue weighted by molar-refractivity contribution is -0.141. The molecule has 1 amide bonds. The first-order chi connectivity index (χ1) is 9.63. The number of aliphatic carboxylic acids is 1. The van der Waals surface area contributed by atoms with Gasteiger partial charge < -0.3 is 15.2 Å². The van der Waals surface area contributed by atoms with Crippen LogP contribution in [-0.4, -0.2) is 47.2 Å². The Morgan fingerprint density at radius 2 is 2.25 bits per heavy atom. The summed E-state index contributed by atoms with van der Waals surface area (Å²) in [5.41, 5.74) is 0. The Morgan fingerprint density at radius 3 is 2.85 bits per heavy atom. The predicted molar refractivity (Wildman–Crippen MR) is 80.0 cm³/mol. The molecule has 1 heterocycles. The highest BCUT2D eigenvalue weighted by Gasteiger charge is 2.19. The first-order valence-corrected chi connectivity index (χ1v) is 8.50. The molecule has 1 aliphatic rings. The van der Waals surface area contributed by atoms with Crippen molar-refractivity contribution in [1.29, 1.82) is 0 Å². The number of carboxylic acid groups (broad SMARTS) is 1. The van der Waals surface area contributed by atoms with Gasteiger partial charge in [-0.15, -0.1) is 11.8 Å². The van der Waals surface area contributed by atoms with Crippen molar-refractivity contribution in [3.05, 3.63) is 0 Å². The molecule has 1 fully saturated rings. The van der Waals surface area contributed by atoms with Gasteiger partial charge in [0.1, 0.15) is 6.04 Å². The number of carboxylic acids is 1. The van der Waals surface area contributed by atoms with Crippen LogP contribution in [0.25, 0.3) is 0 Å². The normalized spacial score (nSPS) is 20.4. The number of amides is 1. The van der Waals surface area contributed by atoms with Crippen molar-refractivity contribution < 1.29 is 19.4 Å². The molecule has 0 spiro atoms. The van der Waals surface area contributed by atoms with Crippen LogP contribution in [0.4, 0.5) is 0 Å². The smallest absolute Gasteiger partial charge is 0.326 e. The monoisotopic (exact) mass is 303 g/mol. The molecule has 116 valence electrons. The van der Waals surface area contributed by atoms with Gasteiger partial charge in [-0.3, -0.25) is 4.79 Å². The second kappa shape index (κ2) is 10.0. The summed E-state index contributed by atoms with van der Waals surface area (Å²) in [5.74, 6) is -0.0442. The van der Waals surface area contributed by atoms with Gasteiger partial charge in [0.2, 0.25) is 5.91 Å². The minimum Gasteiger partial charge on any atom is -0.480 e. The Kier molecular flexibility index (Phi) is 8.69. The molecule has 20 heavy (non-hydrogen) atoms. The molecule has 5 nitrogen and oxygen atoms in total. The van der Waals surface area contributed by atoms with E-state index in [1.54, 1.807) is 0 Å². The van der Waals surface area contributed by atoms with Crippen molar-refractivity contribution in [3.8, 4) is 0 Å². The zero-order valence-corrected chi connectivity index (χ0v) is 12.9. The van der Waals surface area contributed by atoms with Crippen molar-refractivity contribution >= 4 is 23.6 Å². The SMILES string of the molecule is CCCCC(NC(=O)CSCC1CCCCO1)C(=O)O. The Hall–Kier alpha value is -0.750. The van der Waals surface area contributed by atoms with Gasteiger partial charge in [-0.1, -0.05) is 19.8 Å². The van der Waals surface area contributed by atoms with Crippen LogP contribution in [-0.2, 0) is 14.3 Å². The molecule has 0 aromatic heterocycles. The van der Waals surface area contributed by atoms with Gasteiger partial charge in [0, 0.05) is 12.4 Å². The molecule has 2 unspecified atom stereocenters. The summed E-state index contributed by atoms with van der Waals surface area (Å²) >= 11 is 1.52. The van der Waals surface area contributed by atoms with Gasteiger partial charge in [0.05, 0.1) is 11.9 Å². The summed E-state index contributed by atoms with van der Waals surface area (Å²) in [6, 6.07) is -0.756. The van der Waals surface area contributed by atoms with Crippen LogP contribution in [0.1, 0.15) is 45.4 Å². The van der Waals surface area contributed by atoms with Gasteiger partial charge in [0.15, 0.2) is 0 Å². The van der Waals surface area contributed by atoms with Crippen LogP contribution in [0, 0.1) is 0 Å². The van der Waals surface area contributed by atoms with Crippen molar-refractivity contribution in [2.24, 2.45) is 0 Å². The third-order valence-electron chi connectivity index (χ3n) is 3.29. The maximum Gasteiger partial charge on any atom is 0.326 e. The lowest BCUT2D eigenvalue weighted by Gasteiger charge is -2.22. The fourth-order valence-corrected chi connectivity index (χ4v) is 3.04. The Bertz CT molecular complexity index is 306. The van der Waals surface area contributed by atoms with Gasteiger partial charge in [-0.05, 0) is 25.7 Å². The van der Waals surface area contributed by atoms with Gasteiger partial charge in [-0.25, -0.2) is 4.79 Å². The highest BCUT2D eigenvalue weighted by Crippen LogP contribution is 2.17. The van der Waals surface area contributed by atoms with E-state index in [4.69, 9.17) is 9.84 Å². The first kappa shape index (κ1) is 17.3. The van der Waals surface area contributed by atoms with E-state index < -0.39 is 12.0 Å². The molecular formula is C14H25NO4S. The summed E-state index contributed by atoms with van der Waals surface area (Å²) in [7, 11) is 0. The average molecular weight is 303 g/mol. The van der Waals surface area contributed by atoms with Crippen molar-refractivity contribution in [3.63, 3.8) is 0 Å².